The number of anilines is 1. The van der Waals surface area contributed by atoms with Crippen LogP contribution in [0.15, 0.2) is 47.1 Å². The van der Waals surface area contributed by atoms with E-state index < -0.39 is 0 Å². The van der Waals surface area contributed by atoms with E-state index in [1.165, 1.54) is 6.26 Å². The summed E-state index contributed by atoms with van der Waals surface area (Å²) >= 11 is 0. The Balaban J connectivity index is 1.90. The van der Waals surface area contributed by atoms with E-state index in [2.05, 4.69) is 24.5 Å². The number of ether oxygens (including phenoxy) is 1. The zero-order valence-corrected chi connectivity index (χ0v) is 16.7. The van der Waals surface area contributed by atoms with E-state index in [9.17, 15) is 9.59 Å². The molecule has 152 valence electrons. The number of carbonyl (C=O) groups excluding carboxylic acids is 2. The van der Waals surface area contributed by atoms with Crippen molar-refractivity contribution in [2.24, 2.45) is 0 Å². The molecule has 0 fully saturated rings. The first kappa shape index (κ1) is 21.5. The van der Waals surface area contributed by atoms with E-state index in [4.69, 9.17) is 9.15 Å². The third-order valence-electron chi connectivity index (χ3n) is 4.58. The smallest absolute Gasteiger partial charge is 0.317 e. The van der Waals surface area contributed by atoms with Crippen molar-refractivity contribution in [1.82, 2.24) is 10.2 Å². The molecule has 1 aromatic carbocycles. The molecule has 0 aliphatic rings. The van der Waals surface area contributed by atoms with Crippen LogP contribution in [0.3, 0.4) is 0 Å². The van der Waals surface area contributed by atoms with Crippen molar-refractivity contribution in [2.45, 2.75) is 39.3 Å². The number of nitrogens with one attached hydrogen (secondary N) is 2. The van der Waals surface area contributed by atoms with Crippen LogP contribution in [0.4, 0.5) is 10.5 Å². The molecule has 7 nitrogen and oxygen atoms in total. The van der Waals surface area contributed by atoms with E-state index in [-0.39, 0.29) is 23.7 Å². The molecular formula is C21H29N3O4. The molecule has 1 heterocycles. The largest absolute Gasteiger partial charge is 0.459 e. The van der Waals surface area contributed by atoms with Gasteiger partial charge in [0.2, 0.25) is 0 Å². The zero-order chi connectivity index (χ0) is 20.4. The quantitative estimate of drug-likeness (QED) is 0.648. The van der Waals surface area contributed by atoms with E-state index in [1.54, 1.807) is 31.4 Å². The number of nitrogens with zero attached hydrogens (tertiary/aromatic N) is 1. The summed E-state index contributed by atoms with van der Waals surface area (Å²) in [6.07, 6.45) is 3.26. The maximum atomic E-state index is 12.6. The first-order valence-electron chi connectivity index (χ1n) is 9.56. The minimum atomic E-state index is -0.301. The summed E-state index contributed by atoms with van der Waals surface area (Å²) in [7, 11) is 1.63. The lowest BCUT2D eigenvalue weighted by atomic mass is 10.1. The van der Waals surface area contributed by atoms with Crippen LogP contribution >= 0.6 is 0 Å². The van der Waals surface area contributed by atoms with Gasteiger partial charge in [-0.25, -0.2) is 4.79 Å². The molecule has 0 atom stereocenters. The van der Waals surface area contributed by atoms with Crippen molar-refractivity contribution in [1.29, 1.82) is 0 Å². The van der Waals surface area contributed by atoms with Crippen LogP contribution in [0.25, 0.3) is 0 Å². The highest BCUT2D eigenvalue weighted by Gasteiger charge is 2.20. The molecule has 2 rings (SSSR count). The Kier molecular flexibility index (Phi) is 8.55. The predicted molar refractivity (Wildman–Crippen MR) is 108 cm³/mol. The standard InChI is InChI=1S/C21H29N3O4/c1-4-18(5-2)24(12-14-27-3)21(26)22-15-16-8-10-17(11-9-16)23-20(25)19-7-6-13-28-19/h6-11,13,18H,4-5,12,14-15H2,1-3H3,(H,22,26)(H,23,25). The van der Waals surface area contributed by atoms with Gasteiger partial charge in [-0.15, -0.1) is 0 Å². The van der Waals surface area contributed by atoms with Crippen LogP contribution < -0.4 is 10.6 Å². The average molecular weight is 387 g/mol. The van der Waals surface area contributed by atoms with Gasteiger partial charge in [-0.2, -0.15) is 0 Å². The number of hydrogen-bond donors (Lipinski definition) is 2. The van der Waals surface area contributed by atoms with Crippen molar-refractivity contribution >= 4 is 17.6 Å². The highest BCUT2D eigenvalue weighted by Crippen LogP contribution is 2.13. The number of carbonyl (C=O) groups is 2. The van der Waals surface area contributed by atoms with Gasteiger partial charge in [-0.3, -0.25) is 4.79 Å². The molecule has 0 bridgehead atoms. The maximum absolute atomic E-state index is 12.6. The van der Waals surface area contributed by atoms with E-state index in [0.717, 1.165) is 18.4 Å². The molecule has 0 saturated carbocycles. The summed E-state index contributed by atoms with van der Waals surface area (Å²) in [4.78, 5) is 26.4. The van der Waals surface area contributed by atoms with Crippen LogP contribution in [0, 0.1) is 0 Å². The van der Waals surface area contributed by atoms with Gasteiger partial charge in [-0.1, -0.05) is 26.0 Å². The lowest BCUT2D eigenvalue weighted by molar-refractivity contribution is 0.0996. The molecule has 28 heavy (non-hydrogen) atoms. The van der Waals surface area contributed by atoms with Gasteiger partial charge in [0.25, 0.3) is 5.91 Å². The number of rotatable bonds is 10. The molecule has 0 radical (unpaired) electrons. The lowest BCUT2D eigenvalue weighted by Crippen LogP contribution is -2.47. The Morgan fingerprint density at radius 1 is 1.14 bits per heavy atom. The van der Waals surface area contributed by atoms with Gasteiger partial charge < -0.3 is 24.7 Å². The molecule has 1 aromatic heterocycles. The second-order valence-electron chi connectivity index (χ2n) is 6.44. The number of amides is 3. The lowest BCUT2D eigenvalue weighted by Gasteiger charge is -2.30. The van der Waals surface area contributed by atoms with Crippen molar-refractivity contribution < 1.29 is 18.7 Å². The normalized spacial score (nSPS) is 10.7. The molecule has 2 N–H and O–H groups in total. The number of urea groups is 1. The number of methoxy groups -OCH3 is 1. The van der Waals surface area contributed by atoms with Gasteiger partial charge in [0, 0.05) is 31.9 Å². The second-order valence-corrected chi connectivity index (χ2v) is 6.44. The Labute approximate surface area is 166 Å². The van der Waals surface area contributed by atoms with Crippen LogP contribution in [-0.4, -0.2) is 43.1 Å². The molecule has 0 unspecified atom stereocenters. The van der Waals surface area contributed by atoms with Crippen LogP contribution in [-0.2, 0) is 11.3 Å². The molecule has 3 amide bonds. The van der Waals surface area contributed by atoms with E-state index >= 15 is 0 Å². The molecular weight excluding hydrogens is 358 g/mol. The number of hydrogen-bond acceptors (Lipinski definition) is 4. The van der Waals surface area contributed by atoms with E-state index in [1.807, 2.05) is 17.0 Å². The van der Waals surface area contributed by atoms with Crippen LogP contribution in [0.1, 0.15) is 42.8 Å². The molecule has 2 aromatic rings. The fraction of sp³-hybridized carbons (Fsp3) is 0.429. The number of benzene rings is 1. The summed E-state index contributed by atoms with van der Waals surface area (Å²) in [6.45, 7) is 5.64. The fourth-order valence-corrected chi connectivity index (χ4v) is 2.95. The molecule has 7 heteroatoms. The zero-order valence-electron chi connectivity index (χ0n) is 16.7. The van der Waals surface area contributed by atoms with Gasteiger partial charge in [0.15, 0.2) is 5.76 Å². The Morgan fingerprint density at radius 2 is 1.86 bits per heavy atom. The Hall–Kier alpha value is -2.80. The SMILES string of the molecule is CCC(CC)N(CCOC)C(=O)NCc1ccc(NC(=O)c2ccco2)cc1. The molecule has 0 aliphatic heterocycles. The van der Waals surface area contributed by atoms with E-state index in [0.29, 0.717) is 25.4 Å². The first-order chi connectivity index (χ1) is 13.6. The average Bonchev–Trinajstić information content (AvgIpc) is 3.25. The summed E-state index contributed by atoms with van der Waals surface area (Å²) < 4.78 is 10.2. The van der Waals surface area contributed by atoms with Crippen LogP contribution in [0.5, 0.6) is 0 Å². The maximum Gasteiger partial charge on any atom is 0.317 e. The van der Waals surface area contributed by atoms with Gasteiger partial charge in [-0.05, 0) is 42.7 Å². The molecule has 0 saturated heterocycles. The number of furan rings is 1. The second kappa shape index (κ2) is 11.1. The monoisotopic (exact) mass is 387 g/mol. The first-order valence-corrected chi connectivity index (χ1v) is 9.56. The van der Waals surface area contributed by atoms with Crippen LogP contribution in [0.2, 0.25) is 0 Å². The van der Waals surface area contributed by atoms with Crippen molar-refractivity contribution in [2.75, 3.05) is 25.6 Å². The van der Waals surface area contributed by atoms with Gasteiger partial charge in [0.05, 0.1) is 12.9 Å². The fourth-order valence-electron chi connectivity index (χ4n) is 2.95. The highest BCUT2D eigenvalue weighted by molar-refractivity contribution is 6.02. The van der Waals surface area contributed by atoms with Crippen molar-refractivity contribution in [3.63, 3.8) is 0 Å². The highest BCUT2D eigenvalue weighted by atomic mass is 16.5. The minimum absolute atomic E-state index is 0.0963. The van der Waals surface area contributed by atoms with Crippen molar-refractivity contribution in [3.8, 4) is 0 Å². The topological polar surface area (TPSA) is 83.8 Å². The third-order valence-corrected chi connectivity index (χ3v) is 4.58. The van der Waals surface area contributed by atoms with Gasteiger partial charge >= 0.3 is 6.03 Å². The summed E-state index contributed by atoms with van der Waals surface area (Å²) in [6, 6.07) is 10.7. The summed E-state index contributed by atoms with van der Waals surface area (Å²) in [5, 5.41) is 5.73. The molecule has 0 aliphatic carbocycles. The Bertz CT molecular complexity index is 725. The molecule has 0 spiro atoms. The van der Waals surface area contributed by atoms with Gasteiger partial charge in [0.1, 0.15) is 0 Å². The minimum Gasteiger partial charge on any atom is -0.459 e. The van der Waals surface area contributed by atoms with Crippen molar-refractivity contribution in [3.05, 3.63) is 54.0 Å². The predicted octanol–water partition coefficient (Wildman–Crippen LogP) is 3.88. The third kappa shape index (κ3) is 6.13. The summed E-state index contributed by atoms with van der Waals surface area (Å²) in [5.41, 5.74) is 1.61. The summed E-state index contributed by atoms with van der Waals surface area (Å²) in [5.74, 6) is -0.0427. The Morgan fingerprint density at radius 3 is 2.43 bits per heavy atom.